The number of aliphatic imine (C=N–C) groups is 1. The summed E-state index contributed by atoms with van der Waals surface area (Å²) in [6.07, 6.45) is 0. The Kier molecular flexibility index (Phi) is 12.8. The summed E-state index contributed by atoms with van der Waals surface area (Å²) in [6.45, 7) is 14.5. The number of guanidine groups is 1. The third kappa shape index (κ3) is 8.97. The summed E-state index contributed by atoms with van der Waals surface area (Å²) < 4.78 is 5.38. The van der Waals surface area contributed by atoms with Gasteiger partial charge in [-0.1, -0.05) is 13.8 Å². The first kappa shape index (κ1) is 22.2. The lowest BCUT2D eigenvalue weighted by Gasteiger charge is -2.28. The second-order valence-electron chi connectivity index (χ2n) is 5.34. The van der Waals surface area contributed by atoms with E-state index in [1.807, 2.05) is 13.8 Å². The van der Waals surface area contributed by atoms with Crippen LogP contribution in [0.3, 0.4) is 0 Å². The van der Waals surface area contributed by atoms with E-state index in [4.69, 9.17) is 4.74 Å². The average molecular weight is 400 g/mol. The predicted octanol–water partition coefficient (Wildman–Crippen LogP) is 1.92. The van der Waals surface area contributed by atoms with Crippen LogP contribution in [0.5, 0.6) is 0 Å². The van der Waals surface area contributed by atoms with Gasteiger partial charge < -0.3 is 15.4 Å². The first-order valence-electron chi connectivity index (χ1n) is 7.13. The summed E-state index contributed by atoms with van der Waals surface area (Å²) in [5.41, 5.74) is -0.192. The Morgan fingerprint density at radius 2 is 1.80 bits per heavy atom. The van der Waals surface area contributed by atoms with Gasteiger partial charge in [0.05, 0.1) is 5.60 Å². The molecule has 0 radical (unpaired) electrons. The van der Waals surface area contributed by atoms with Gasteiger partial charge in [-0.25, -0.2) is 0 Å². The molecule has 0 amide bonds. The van der Waals surface area contributed by atoms with E-state index in [1.165, 1.54) is 0 Å². The molecule has 0 bridgehead atoms. The highest BCUT2D eigenvalue weighted by Gasteiger charge is 2.17. The van der Waals surface area contributed by atoms with Gasteiger partial charge in [0.2, 0.25) is 0 Å². The van der Waals surface area contributed by atoms with Crippen LogP contribution in [-0.4, -0.2) is 62.8 Å². The number of likely N-dealkylation sites (N-methyl/N-ethyl adjacent to an activating group) is 1. The zero-order valence-corrected chi connectivity index (χ0v) is 16.4. The molecule has 20 heavy (non-hydrogen) atoms. The fraction of sp³-hybridized carbons (Fsp3) is 0.929. The quantitative estimate of drug-likeness (QED) is 0.372. The molecule has 0 aromatic carbocycles. The standard InChI is InChI=1S/C14H32N4O.HI/c1-8-18(9-2)12(3)10-16-13(15-6)17-11-14(4,5)19-7;/h12H,8-11H2,1-7H3,(H2,15,16,17);1H. The fourth-order valence-corrected chi connectivity index (χ4v) is 1.81. The lowest BCUT2D eigenvalue weighted by Crippen LogP contribution is -2.49. The van der Waals surface area contributed by atoms with Crippen molar-refractivity contribution in [3.63, 3.8) is 0 Å². The van der Waals surface area contributed by atoms with Crippen molar-refractivity contribution in [3.05, 3.63) is 0 Å². The third-order valence-electron chi connectivity index (χ3n) is 3.46. The molecule has 0 rings (SSSR count). The zero-order chi connectivity index (χ0) is 14.9. The predicted molar refractivity (Wildman–Crippen MR) is 98.3 cm³/mol. The number of methoxy groups -OCH3 is 1. The van der Waals surface area contributed by atoms with Gasteiger partial charge in [-0.15, -0.1) is 24.0 Å². The average Bonchev–Trinajstić information content (AvgIpc) is 2.40. The molecule has 0 aliphatic heterocycles. The molecule has 0 aromatic heterocycles. The minimum atomic E-state index is -0.192. The van der Waals surface area contributed by atoms with Crippen LogP contribution >= 0.6 is 24.0 Å². The number of nitrogens with one attached hydrogen (secondary N) is 2. The van der Waals surface area contributed by atoms with Crippen molar-refractivity contribution < 1.29 is 4.74 Å². The van der Waals surface area contributed by atoms with E-state index in [-0.39, 0.29) is 29.6 Å². The molecule has 2 N–H and O–H groups in total. The van der Waals surface area contributed by atoms with Gasteiger partial charge in [-0.05, 0) is 33.9 Å². The van der Waals surface area contributed by atoms with Crippen LogP contribution in [0.25, 0.3) is 0 Å². The molecule has 0 aliphatic rings. The van der Waals surface area contributed by atoms with Crippen LogP contribution in [0, 0.1) is 0 Å². The highest BCUT2D eigenvalue weighted by atomic mass is 127. The van der Waals surface area contributed by atoms with Gasteiger partial charge in [-0.2, -0.15) is 0 Å². The summed E-state index contributed by atoms with van der Waals surface area (Å²) in [6, 6.07) is 0.490. The van der Waals surface area contributed by atoms with Crippen molar-refractivity contribution in [3.8, 4) is 0 Å². The van der Waals surface area contributed by atoms with Gasteiger partial charge in [0.1, 0.15) is 0 Å². The highest BCUT2D eigenvalue weighted by molar-refractivity contribution is 14.0. The van der Waals surface area contributed by atoms with Crippen molar-refractivity contribution in [1.82, 2.24) is 15.5 Å². The SMILES string of the molecule is CCN(CC)C(C)CNC(=NC)NCC(C)(C)OC.I. The molecule has 0 saturated carbocycles. The molecule has 0 aliphatic carbocycles. The van der Waals surface area contributed by atoms with Crippen LogP contribution in [0.15, 0.2) is 4.99 Å². The summed E-state index contributed by atoms with van der Waals surface area (Å²) in [4.78, 5) is 6.64. The zero-order valence-electron chi connectivity index (χ0n) is 14.1. The Morgan fingerprint density at radius 1 is 1.25 bits per heavy atom. The smallest absolute Gasteiger partial charge is 0.191 e. The first-order chi connectivity index (χ1) is 8.90. The Hall–Kier alpha value is -0.0800. The Balaban J connectivity index is 0. The van der Waals surface area contributed by atoms with Gasteiger partial charge in [0.25, 0.3) is 0 Å². The van der Waals surface area contributed by atoms with Crippen LogP contribution in [0.1, 0.15) is 34.6 Å². The van der Waals surface area contributed by atoms with Crippen molar-refractivity contribution in [1.29, 1.82) is 0 Å². The Bertz CT molecular complexity index is 268. The molecule has 0 saturated heterocycles. The number of hydrogen-bond acceptors (Lipinski definition) is 3. The molecule has 0 heterocycles. The monoisotopic (exact) mass is 400 g/mol. The Morgan fingerprint density at radius 3 is 2.20 bits per heavy atom. The minimum Gasteiger partial charge on any atom is -0.377 e. The van der Waals surface area contributed by atoms with E-state index in [9.17, 15) is 0 Å². The van der Waals surface area contributed by atoms with E-state index in [2.05, 4.69) is 41.3 Å². The molecule has 122 valence electrons. The maximum Gasteiger partial charge on any atom is 0.191 e. The molecular formula is C14H33IN4O. The Labute approximate surface area is 141 Å². The molecule has 0 spiro atoms. The molecule has 5 nitrogen and oxygen atoms in total. The van der Waals surface area contributed by atoms with E-state index in [0.29, 0.717) is 6.04 Å². The van der Waals surface area contributed by atoms with E-state index < -0.39 is 0 Å². The maximum atomic E-state index is 5.38. The van der Waals surface area contributed by atoms with Crippen molar-refractivity contribution in [2.75, 3.05) is 40.3 Å². The fourth-order valence-electron chi connectivity index (χ4n) is 1.81. The second-order valence-corrected chi connectivity index (χ2v) is 5.34. The van der Waals surface area contributed by atoms with Gasteiger partial charge >= 0.3 is 0 Å². The van der Waals surface area contributed by atoms with E-state index in [0.717, 1.165) is 32.1 Å². The number of rotatable bonds is 8. The summed E-state index contributed by atoms with van der Waals surface area (Å²) in [7, 11) is 3.51. The van der Waals surface area contributed by atoms with Crippen LogP contribution in [-0.2, 0) is 4.74 Å². The maximum absolute atomic E-state index is 5.38. The van der Waals surface area contributed by atoms with Gasteiger partial charge in [0.15, 0.2) is 5.96 Å². The molecular weight excluding hydrogens is 367 g/mol. The van der Waals surface area contributed by atoms with E-state index >= 15 is 0 Å². The lowest BCUT2D eigenvalue weighted by atomic mass is 10.1. The second kappa shape index (κ2) is 11.6. The first-order valence-corrected chi connectivity index (χ1v) is 7.13. The summed E-state index contributed by atoms with van der Waals surface area (Å²) in [5.74, 6) is 0.823. The minimum absolute atomic E-state index is 0. The van der Waals surface area contributed by atoms with Crippen molar-refractivity contribution >= 4 is 29.9 Å². The summed E-state index contributed by atoms with van der Waals surface area (Å²) in [5, 5.41) is 6.64. The number of hydrogen-bond donors (Lipinski definition) is 2. The van der Waals surface area contributed by atoms with Crippen molar-refractivity contribution in [2.45, 2.75) is 46.3 Å². The largest absolute Gasteiger partial charge is 0.377 e. The third-order valence-corrected chi connectivity index (χ3v) is 3.46. The summed E-state index contributed by atoms with van der Waals surface area (Å²) >= 11 is 0. The number of nitrogens with zero attached hydrogens (tertiary/aromatic N) is 2. The van der Waals surface area contributed by atoms with Gasteiger partial charge in [-0.3, -0.25) is 9.89 Å². The normalized spacial score (nSPS) is 13.9. The topological polar surface area (TPSA) is 48.9 Å². The molecule has 1 atom stereocenters. The molecule has 0 fully saturated rings. The molecule has 0 aromatic rings. The van der Waals surface area contributed by atoms with Crippen LogP contribution in [0.2, 0.25) is 0 Å². The van der Waals surface area contributed by atoms with Crippen molar-refractivity contribution in [2.24, 2.45) is 4.99 Å². The van der Waals surface area contributed by atoms with Crippen LogP contribution < -0.4 is 10.6 Å². The molecule has 1 unspecified atom stereocenters. The molecule has 6 heteroatoms. The highest BCUT2D eigenvalue weighted by Crippen LogP contribution is 2.04. The number of ether oxygens (including phenoxy) is 1. The lowest BCUT2D eigenvalue weighted by molar-refractivity contribution is 0.0268. The van der Waals surface area contributed by atoms with Crippen LogP contribution in [0.4, 0.5) is 0 Å². The van der Waals surface area contributed by atoms with Gasteiger partial charge in [0, 0.05) is 33.3 Å². The van der Waals surface area contributed by atoms with E-state index in [1.54, 1.807) is 14.2 Å². The number of halogens is 1.